The van der Waals surface area contributed by atoms with Crippen LogP contribution in [0, 0.1) is 10.5 Å². The first-order valence-corrected chi connectivity index (χ1v) is 14.2. The number of ether oxygens (including phenoxy) is 2. The molecular weight excluding hydrogens is 619 g/mol. The maximum Gasteiger partial charge on any atom is 0.408 e. The maximum absolute atomic E-state index is 13.0. The molecule has 38 heavy (non-hydrogen) atoms. The van der Waals surface area contributed by atoms with Crippen molar-refractivity contribution in [1.82, 2.24) is 5.32 Å². The lowest BCUT2D eigenvalue weighted by Crippen LogP contribution is -2.56. The van der Waals surface area contributed by atoms with Gasteiger partial charge in [0.2, 0.25) is 0 Å². The predicted octanol–water partition coefficient (Wildman–Crippen LogP) is 5.36. The van der Waals surface area contributed by atoms with Crippen LogP contribution in [-0.4, -0.2) is 33.1 Å². The molecule has 3 aromatic rings. The van der Waals surface area contributed by atoms with Crippen molar-refractivity contribution >= 4 is 50.4 Å². The molecule has 10 heteroatoms. The van der Waals surface area contributed by atoms with Crippen LogP contribution in [0.25, 0.3) is 0 Å². The fourth-order valence-corrected chi connectivity index (χ4v) is 5.75. The number of amides is 1. The molecule has 0 heterocycles. The highest BCUT2D eigenvalue weighted by Crippen LogP contribution is 2.30. The van der Waals surface area contributed by atoms with Gasteiger partial charge in [-0.2, -0.15) is 0 Å². The Balaban J connectivity index is 1.87. The molecule has 0 bridgehead atoms. The van der Waals surface area contributed by atoms with E-state index in [-0.39, 0.29) is 24.3 Å². The molecule has 3 rings (SSSR count). The summed E-state index contributed by atoms with van der Waals surface area (Å²) in [6, 6.07) is 20.7. The summed E-state index contributed by atoms with van der Waals surface area (Å²) in [5.74, 6) is -0.685. The van der Waals surface area contributed by atoms with Gasteiger partial charge in [-0.1, -0.05) is 66.2 Å². The summed E-state index contributed by atoms with van der Waals surface area (Å²) in [6.07, 6.45) is 0.762. The van der Waals surface area contributed by atoms with Crippen molar-refractivity contribution in [3.63, 3.8) is 0 Å². The van der Waals surface area contributed by atoms with E-state index in [1.165, 1.54) is 25.3 Å². The second kappa shape index (κ2) is 12.9. The largest absolute Gasteiger partial charge is 0.467 e. The Hall–Kier alpha value is -3.38. The first-order valence-electron chi connectivity index (χ1n) is 11.7. The average Bonchev–Trinajstić information content (AvgIpc) is 2.90. The SMILES string of the molecule is C=CCC(Cc1cccc(NS(=O)(=O)c2ccc(C)cc2)c1I)(NC(=O)OCc1ccccc1)C(=O)OC. The van der Waals surface area contributed by atoms with Crippen LogP contribution in [0.1, 0.15) is 23.1 Å². The van der Waals surface area contributed by atoms with E-state index in [2.05, 4.69) is 16.6 Å². The zero-order chi connectivity index (χ0) is 27.8. The number of benzene rings is 3. The topological polar surface area (TPSA) is 111 Å². The molecule has 2 N–H and O–H groups in total. The number of halogens is 1. The number of hydrogen-bond donors (Lipinski definition) is 2. The third-order valence-corrected chi connectivity index (χ3v) is 8.42. The van der Waals surface area contributed by atoms with Gasteiger partial charge in [0.1, 0.15) is 12.1 Å². The second-order valence-corrected chi connectivity index (χ2v) is 11.4. The molecule has 0 radical (unpaired) electrons. The van der Waals surface area contributed by atoms with Crippen LogP contribution in [0.4, 0.5) is 10.5 Å². The number of nitrogens with one attached hydrogen (secondary N) is 2. The predicted molar refractivity (Wildman–Crippen MR) is 154 cm³/mol. The lowest BCUT2D eigenvalue weighted by atomic mass is 9.87. The number of esters is 1. The summed E-state index contributed by atoms with van der Waals surface area (Å²) < 4.78 is 39.5. The summed E-state index contributed by atoms with van der Waals surface area (Å²) in [6.45, 7) is 5.63. The highest BCUT2D eigenvalue weighted by Gasteiger charge is 2.41. The Morgan fingerprint density at radius 3 is 2.34 bits per heavy atom. The second-order valence-electron chi connectivity index (χ2n) is 8.63. The van der Waals surface area contributed by atoms with Gasteiger partial charge >= 0.3 is 12.1 Å². The van der Waals surface area contributed by atoms with Gasteiger partial charge in [-0.3, -0.25) is 4.72 Å². The fourth-order valence-electron chi connectivity index (χ4n) is 3.81. The monoisotopic (exact) mass is 648 g/mol. The minimum atomic E-state index is -3.85. The van der Waals surface area contributed by atoms with E-state index >= 15 is 0 Å². The van der Waals surface area contributed by atoms with E-state index in [4.69, 9.17) is 9.47 Å². The highest BCUT2D eigenvalue weighted by atomic mass is 127. The van der Waals surface area contributed by atoms with E-state index in [0.29, 0.717) is 14.8 Å². The molecule has 0 spiro atoms. The van der Waals surface area contributed by atoms with E-state index in [1.807, 2.05) is 59.8 Å². The lowest BCUT2D eigenvalue weighted by Gasteiger charge is -2.31. The quantitative estimate of drug-likeness (QED) is 0.165. The fraction of sp³-hybridized carbons (Fsp3) is 0.214. The van der Waals surface area contributed by atoms with Gasteiger partial charge in [0, 0.05) is 9.99 Å². The molecule has 0 fully saturated rings. The number of sulfonamides is 1. The van der Waals surface area contributed by atoms with Gasteiger partial charge < -0.3 is 14.8 Å². The van der Waals surface area contributed by atoms with E-state index in [0.717, 1.165) is 11.1 Å². The smallest absolute Gasteiger partial charge is 0.408 e. The van der Waals surface area contributed by atoms with Crippen molar-refractivity contribution in [1.29, 1.82) is 0 Å². The summed E-state index contributed by atoms with van der Waals surface area (Å²) in [5.41, 5.74) is 1.16. The molecule has 3 aromatic carbocycles. The Morgan fingerprint density at radius 2 is 1.71 bits per heavy atom. The van der Waals surface area contributed by atoms with Crippen LogP contribution in [0.5, 0.6) is 0 Å². The van der Waals surface area contributed by atoms with Crippen LogP contribution in [0.15, 0.2) is 90.3 Å². The summed E-state index contributed by atoms with van der Waals surface area (Å²) >= 11 is 2.02. The number of carbonyl (C=O) groups excluding carboxylic acids is 2. The number of carbonyl (C=O) groups is 2. The number of aryl methyl sites for hydroxylation is 1. The molecule has 200 valence electrons. The summed E-state index contributed by atoms with van der Waals surface area (Å²) in [4.78, 5) is 25.9. The summed E-state index contributed by atoms with van der Waals surface area (Å²) in [5, 5.41) is 2.68. The van der Waals surface area contributed by atoms with E-state index in [9.17, 15) is 18.0 Å². The third kappa shape index (κ3) is 7.35. The van der Waals surface area contributed by atoms with Gasteiger partial charge in [0.25, 0.3) is 10.0 Å². The van der Waals surface area contributed by atoms with Crippen molar-refractivity contribution in [2.24, 2.45) is 0 Å². The lowest BCUT2D eigenvalue weighted by molar-refractivity contribution is -0.148. The Bertz CT molecular complexity index is 1390. The highest BCUT2D eigenvalue weighted by molar-refractivity contribution is 14.1. The minimum absolute atomic E-state index is 0.00447. The Labute approximate surface area is 236 Å². The molecule has 0 saturated heterocycles. The van der Waals surface area contributed by atoms with Crippen molar-refractivity contribution < 1.29 is 27.5 Å². The van der Waals surface area contributed by atoms with Crippen molar-refractivity contribution in [3.05, 3.63) is 106 Å². The molecule has 8 nitrogen and oxygen atoms in total. The molecule has 1 amide bonds. The van der Waals surface area contributed by atoms with Crippen LogP contribution < -0.4 is 10.0 Å². The van der Waals surface area contributed by atoms with Crippen molar-refractivity contribution in [2.45, 2.75) is 36.8 Å². The number of methoxy groups -OCH3 is 1. The zero-order valence-corrected chi connectivity index (χ0v) is 24.0. The average molecular weight is 649 g/mol. The maximum atomic E-state index is 13.0. The molecule has 0 aliphatic rings. The number of anilines is 1. The van der Waals surface area contributed by atoms with Crippen LogP contribution in [0.3, 0.4) is 0 Å². The van der Waals surface area contributed by atoms with Crippen LogP contribution in [0.2, 0.25) is 0 Å². The summed E-state index contributed by atoms with van der Waals surface area (Å²) in [7, 11) is -2.62. The number of hydrogen-bond acceptors (Lipinski definition) is 6. The van der Waals surface area contributed by atoms with Gasteiger partial charge in [-0.05, 0) is 65.3 Å². The Kier molecular flexibility index (Phi) is 9.92. The van der Waals surface area contributed by atoms with Gasteiger partial charge in [0.15, 0.2) is 0 Å². The van der Waals surface area contributed by atoms with Crippen molar-refractivity contribution in [3.8, 4) is 0 Å². The standard InChI is InChI=1S/C28H29IN2O6S/c1-4-17-28(26(32)36-3,30-27(33)37-19-21-9-6-5-7-10-21)18-22-11-8-12-24(25(22)29)31-38(34,35)23-15-13-20(2)14-16-23/h4-16,31H,1,17-19H2,2-3H3,(H,30,33). The van der Waals surface area contributed by atoms with Crippen LogP contribution in [-0.2, 0) is 37.3 Å². The van der Waals surface area contributed by atoms with Gasteiger partial charge in [-0.25, -0.2) is 18.0 Å². The van der Waals surface area contributed by atoms with E-state index in [1.54, 1.807) is 30.3 Å². The van der Waals surface area contributed by atoms with Crippen molar-refractivity contribution in [2.75, 3.05) is 11.8 Å². The van der Waals surface area contributed by atoms with Gasteiger partial charge in [0.05, 0.1) is 17.7 Å². The molecule has 1 unspecified atom stereocenters. The molecule has 1 atom stereocenters. The molecule has 0 aromatic heterocycles. The molecule has 0 aliphatic heterocycles. The van der Waals surface area contributed by atoms with Crippen LogP contribution >= 0.6 is 22.6 Å². The molecule has 0 aliphatic carbocycles. The van der Waals surface area contributed by atoms with Gasteiger partial charge in [-0.15, -0.1) is 6.58 Å². The molecule has 0 saturated carbocycles. The molecular formula is C28H29IN2O6S. The Morgan fingerprint density at radius 1 is 1.03 bits per heavy atom. The first kappa shape index (κ1) is 29.2. The first-order chi connectivity index (χ1) is 18.1. The van der Waals surface area contributed by atoms with E-state index < -0.39 is 27.6 Å². The normalized spacial score (nSPS) is 12.6. The number of alkyl carbamates (subject to hydrolysis) is 1. The third-order valence-electron chi connectivity index (χ3n) is 5.77. The zero-order valence-electron chi connectivity index (χ0n) is 21.1. The minimum Gasteiger partial charge on any atom is -0.467 e. The number of rotatable bonds is 11.